The molecule has 0 aromatic carbocycles. The Morgan fingerprint density at radius 2 is 2.00 bits per heavy atom. The highest BCUT2D eigenvalue weighted by Gasteiger charge is 2.05. The first-order valence-corrected chi connectivity index (χ1v) is 5.94. The van der Waals surface area contributed by atoms with Gasteiger partial charge in [-0.1, -0.05) is 20.8 Å². The summed E-state index contributed by atoms with van der Waals surface area (Å²) >= 11 is 0. The standard InChI is InChI=1S/C12H22N4/c1-4-16(9-8-13-11(2)3)10-12-14-6-5-7-15-12/h5-7,11,13H,4,8-10H2,1-3H3. The Bertz CT molecular complexity index is 274. The average molecular weight is 222 g/mol. The molecule has 0 spiro atoms. The molecule has 0 saturated carbocycles. The van der Waals surface area contributed by atoms with Crippen LogP contribution in [0.3, 0.4) is 0 Å². The highest BCUT2D eigenvalue weighted by molar-refractivity contribution is 4.88. The third-order valence-corrected chi connectivity index (χ3v) is 2.41. The van der Waals surface area contributed by atoms with Gasteiger partial charge >= 0.3 is 0 Å². The number of aromatic nitrogens is 2. The molecule has 0 atom stereocenters. The molecule has 0 bridgehead atoms. The summed E-state index contributed by atoms with van der Waals surface area (Å²) in [5, 5.41) is 3.41. The molecule has 1 rings (SSSR count). The van der Waals surface area contributed by atoms with Crippen molar-refractivity contribution < 1.29 is 0 Å². The zero-order valence-corrected chi connectivity index (χ0v) is 10.5. The van der Waals surface area contributed by atoms with E-state index in [1.165, 1.54) is 0 Å². The van der Waals surface area contributed by atoms with Gasteiger partial charge in [0, 0.05) is 31.5 Å². The van der Waals surface area contributed by atoms with E-state index in [1.54, 1.807) is 12.4 Å². The number of likely N-dealkylation sites (N-methyl/N-ethyl adjacent to an activating group) is 1. The molecule has 0 saturated heterocycles. The Kier molecular flexibility index (Phi) is 5.96. The SMILES string of the molecule is CCN(CCNC(C)C)Cc1ncccn1. The summed E-state index contributed by atoms with van der Waals surface area (Å²) in [4.78, 5) is 10.8. The summed E-state index contributed by atoms with van der Waals surface area (Å²) in [6.45, 7) is 10.4. The molecule has 0 aliphatic rings. The van der Waals surface area contributed by atoms with Crippen molar-refractivity contribution in [1.29, 1.82) is 0 Å². The second-order valence-corrected chi connectivity index (χ2v) is 4.14. The van der Waals surface area contributed by atoms with Crippen molar-refractivity contribution in [2.45, 2.75) is 33.4 Å². The minimum atomic E-state index is 0.548. The highest BCUT2D eigenvalue weighted by Crippen LogP contribution is 1.96. The molecule has 0 radical (unpaired) electrons. The van der Waals surface area contributed by atoms with E-state index in [0.29, 0.717) is 6.04 Å². The molecule has 90 valence electrons. The van der Waals surface area contributed by atoms with E-state index in [9.17, 15) is 0 Å². The van der Waals surface area contributed by atoms with E-state index in [1.807, 2.05) is 6.07 Å². The van der Waals surface area contributed by atoms with Gasteiger partial charge in [0.1, 0.15) is 5.82 Å². The number of rotatable bonds is 7. The quantitative estimate of drug-likeness (QED) is 0.755. The summed E-state index contributed by atoms with van der Waals surface area (Å²) in [5.41, 5.74) is 0. The number of nitrogens with zero attached hydrogens (tertiary/aromatic N) is 3. The van der Waals surface area contributed by atoms with Crippen molar-refractivity contribution in [2.75, 3.05) is 19.6 Å². The molecule has 0 aliphatic heterocycles. The van der Waals surface area contributed by atoms with E-state index in [0.717, 1.165) is 32.0 Å². The lowest BCUT2D eigenvalue weighted by atomic mass is 10.3. The second-order valence-electron chi connectivity index (χ2n) is 4.14. The van der Waals surface area contributed by atoms with Gasteiger partial charge in [-0.05, 0) is 12.6 Å². The normalized spacial score (nSPS) is 11.3. The van der Waals surface area contributed by atoms with Gasteiger partial charge in [-0.2, -0.15) is 0 Å². The van der Waals surface area contributed by atoms with Gasteiger partial charge < -0.3 is 5.32 Å². The van der Waals surface area contributed by atoms with Gasteiger partial charge in [-0.25, -0.2) is 9.97 Å². The minimum absolute atomic E-state index is 0.548. The molecule has 4 heteroatoms. The first kappa shape index (κ1) is 13.1. The first-order chi connectivity index (χ1) is 7.72. The largest absolute Gasteiger partial charge is 0.313 e. The van der Waals surface area contributed by atoms with Crippen LogP contribution < -0.4 is 5.32 Å². The topological polar surface area (TPSA) is 41.0 Å². The van der Waals surface area contributed by atoms with Crippen LogP contribution in [0.25, 0.3) is 0 Å². The summed E-state index contributed by atoms with van der Waals surface area (Å²) in [5.74, 6) is 0.897. The Hall–Kier alpha value is -1.00. The first-order valence-electron chi connectivity index (χ1n) is 5.94. The number of hydrogen-bond donors (Lipinski definition) is 1. The van der Waals surface area contributed by atoms with Gasteiger partial charge in [0.15, 0.2) is 0 Å². The monoisotopic (exact) mass is 222 g/mol. The smallest absolute Gasteiger partial charge is 0.142 e. The Labute approximate surface area is 98.1 Å². The van der Waals surface area contributed by atoms with Crippen LogP contribution in [0, 0.1) is 0 Å². The van der Waals surface area contributed by atoms with Crippen molar-refractivity contribution >= 4 is 0 Å². The van der Waals surface area contributed by atoms with Crippen LogP contribution in [-0.4, -0.2) is 40.5 Å². The van der Waals surface area contributed by atoms with E-state index < -0.39 is 0 Å². The zero-order valence-electron chi connectivity index (χ0n) is 10.5. The predicted molar refractivity (Wildman–Crippen MR) is 66.1 cm³/mol. The van der Waals surface area contributed by atoms with Crippen LogP contribution in [0.2, 0.25) is 0 Å². The molecular weight excluding hydrogens is 200 g/mol. The zero-order chi connectivity index (χ0) is 11.8. The van der Waals surface area contributed by atoms with Crippen molar-refractivity contribution in [3.8, 4) is 0 Å². The minimum Gasteiger partial charge on any atom is -0.313 e. The third-order valence-electron chi connectivity index (χ3n) is 2.41. The summed E-state index contributed by atoms with van der Waals surface area (Å²) in [7, 11) is 0. The van der Waals surface area contributed by atoms with Crippen molar-refractivity contribution in [3.63, 3.8) is 0 Å². The van der Waals surface area contributed by atoms with Gasteiger partial charge in [0.05, 0.1) is 6.54 Å². The Balaban J connectivity index is 2.32. The molecular formula is C12H22N4. The van der Waals surface area contributed by atoms with Gasteiger partial charge in [-0.15, -0.1) is 0 Å². The van der Waals surface area contributed by atoms with Crippen LogP contribution >= 0.6 is 0 Å². The highest BCUT2D eigenvalue weighted by atomic mass is 15.2. The average Bonchev–Trinajstić information content (AvgIpc) is 2.28. The lowest BCUT2D eigenvalue weighted by Gasteiger charge is -2.20. The van der Waals surface area contributed by atoms with Crippen LogP contribution in [0.4, 0.5) is 0 Å². The van der Waals surface area contributed by atoms with E-state index in [4.69, 9.17) is 0 Å². The molecule has 0 unspecified atom stereocenters. The predicted octanol–water partition coefficient (Wildman–Crippen LogP) is 1.30. The third kappa shape index (κ3) is 5.19. The molecule has 0 amide bonds. The van der Waals surface area contributed by atoms with Crippen LogP contribution in [0.1, 0.15) is 26.6 Å². The maximum atomic E-state index is 4.24. The fourth-order valence-corrected chi connectivity index (χ4v) is 1.47. The van der Waals surface area contributed by atoms with Crippen LogP contribution in [-0.2, 0) is 6.54 Å². The van der Waals surface area contributed by atoms with Crippen molar-refractivity contribution in [3.05, 3.63) is 24.3 Å². The van der Waals surface area contributed by atoms with Crippen molar-refractivity contribution in [2.24, 2.45) is 0 Å². The summed E-state index contributed by atoms with van der Waals surface area (Å²) in [6, 6.07) is 2.40. The summed E-state index contributed by atoms with van der Waals surface area (Å²) in [6.07, 6.45) is 3.59. The molecule has 1 N–H and O–H groups in total. The second kappa shape index (κ2) is 7.30. The molecule has 4 nitrogen and oxygen atoms in total. The van der Waals surface area contributed by atoms with E-state index in [-0.39, 0.29) is 0 Å². The molecule has 0 fully saturated rings. The number of nitrogens with one attached hydrogen (secondary N) is 1. The van der Waals surface area contributed by atoms with Gasteiger partial charge in [-0.3, -0.25) is 4.90 Å². The molecule has 1 aromatic rings. The molecule has 16 heavy (non-hydrogen) atoms. The van der Waals surface area contributed by atoms with E-state index in [2.05, 4.69) is 41.0 Å². The molecule has 1 heterocycles. The summed E-state index contributed by atoms with van der Waals surface area (Å²) < 4.78 is 0. The van der Waals surface area contributed by atoms with E-state index >= 15 is 0 Å². The Morgan fingerprint density at radius 3 is 2.56 bits per heavy atom. The van der Waals surface area contributed by atoms with Crippen LogP contribution in [0.15, 0.2) is 18.5 Å². The Morgan fingerprint density at radius 1 is 1.31 bits per heavy atom. The van der Waals surface area contributed by atoms with Gasteiger partial charge in [0.2, 0.25) is 0 Å². The maximum Gasteiger partial charge on any atom is 0.142 e. The molecule has 1 aromatic heterocycles. The maximum absolute atomic E-state index is 4.24. The lowest BCUT2D eigenvalue weighted by molar-refractivity contribution is 0.269. The lowest BCUT2D eigenvalue weighted by Crippen LogP contribution is -2.34. The van der Waals surface area contributed by atoms with Crippen LogP contribution in [0.5, 0.6) is 0 Å². The fraction of sp³-hybridized carbons (Fsp3) is 0.667. The fourth-order valence-electron chi connectivity index (χ4n) is 1.47. The van der Waals surface area contributed by atoms with Gasteiger partial charge in [0.25, 0.3) is 0 Å². The number of hydrogen-bond acceptors (Lipinski definition) is 4. The van der Waals surface area contributed by atoms with Crippen molar-refractivity contribution in [1.82, 2.24) is 20.2 Å². The molecule has 0 aliphatic carbocycles.